The Labute approximate surface area is 104 Å². The average Bonchev–Trinajstić information content (AvgIpc) is 2.76. The summed E-state index contributed by atoms with van der Waals surface area (Å²) in [6, 6.07) is 3.73. The fourth-order valence-electron chi connectivity index (χ4n) is 1.94. The molecule has 2 rings (SSSR count). The average molecular weight is 251 g/mol. The molecule has 0 radical (unpaired) electrons. The molecule has 5 heteroatoms. The second-order valence-electron chi connectivity index (χ2n) is 4.03. The molecule has 1 heterocycles. The SMILES string of the molecule is CCNC(c1cccc(F)c1F)c1nccn1C. The summed E-state index contributed by atoms with van der Waals surface area (Å²) >= 11 is 0. The van der Waals surface area contributed by atoms with Gasteiger partial charge in [-0.15, -0.1) is 0 Å². The van der Waals surface area contributed by atoms with Crippen molar-refractivity contribution in [3.05, 3.63) is 53.6 Å². The van der Waals surface area contributed by atoms with Gasteiger partial charge in [0, 0.05) is 25.0 Å². The Balaban J connectivity index is 2.48. The first-order valence-corrected chi connectivity index (χ1v) is 5.79. The van der Waals surface area contributed by atoms with Crippen LogP contribution in [0.5, 0.6) is 0 Å². The van der Waals surface area contributed by atoms with Gasteiger partial charge in [-0.25, -0.2) is 13.8 Å². The fraction of sp³-hybridized carbons (Fsp3) is 0.308. The molecule has 18 heavy (non-hydrogen) atoms. The number of hydrogen-bond acceptors (Lipinski definition) is 2. The molecule has 1 atom stereocenters. The van der Waals surface area contributed by atoms with Crippen LogP contribution in [0.1, 0.15) is 24.4 Å². The molecule has 1 aromatic carbocycles. The first-order chi connectivity index (χ1) is 8.65. The zero-order valence-corrected chi connectivity index (χ0v) is 10.3. The number of imidazole rings is 1. The zero-order valence-electron chi connectivity index (χ0n) is 10.3. The molecule has 0 bridgehead atoms. The van der Waals surface area contributed by atoms with Gasteiger partial charge in [-0.1, -0.05) is 19.1 Å². The Kier molecular flexibility index (Phi) is 3.72. The summed E-state index contributed by atoms with van der Waals surface area (Å²) in [5.41, 5.74) is 0.270. The maximum atomic E-state index is 13.8. The van der Waals surface area contributed by atoms with Crippen LogP contribution in [0.4, 0.5) is 8.78 Å². The van der Waals surface area contributed by atoms with E-state index >= 15 is 0 Å². The van der Waals surface area contributed by atoms with Crippen LogP contribution in [-0.4, -0.2) is 16.1 Å². The highest BCUT2D eigenvalue weighted by atomic mass is 19.2. The molecule has 0 aliphatic carbocycles. The Morgan fingerprint density at radius 3 is 2.78 bits per heavy atom. The van der Waals surface area contributed by atoms with Crippen molar-refractivity contribution >= 4 is 0 Å². The van der Waals surface area contributed by atoms with E-state index in [0.29, 0.717) is 12.4 Å². The summed E-state index contributed by atoms with van der Waals surface area (Å²) in [4.78, 5) is 4.19. The Morgan fingerprint density at radius 2 is 2.17 bits per heavy atom. The van der Waals surface area contributed by atoms with E-state index in [9.17, 15) is 8.78 Å². The normalized spacial score (nSPS) is 12.7. The van der Waals surface area contributed by atoms with Crippen molar-refractivity contribution in [2.75, 3.05) is 6.54 Å². The van der Waals surface area contributed by atoms with Crippen LogP contribution in [0.25, 0.3) is 0 Å². The monoisotopic (exact) mass is 251 g/mol. The minimum atomic E-state index is -0.843. The largest absolute Gasteiger partial charge is 0.336 e. The molecule has 0 saturated carbocycles. The summed E-state index contributed by atoms with van der Waals surface area (Å²) in [5.74, 6) is -1.02. The third-order valence-corrected chi connectivity index (χ3v) is 2.82. The first-order valence-electron chi connectivity index (χ1n) is 5.79. The van der Waals surface area contributed by atoms with Crippen LogP contribution in [-0.2, 0) is 7.05 Å². The van der Waals surface area contributed by atoms with E-state index in [1.807, 2.05) is 14.0 Å². The molecular weight excluding hydrogens is 236 g/mol. The van der Waals surface area contributed by atoms with E-state index in [0.717, 1.165) is 6.07 Å². The van der Waals surface area contributed by atoms with E-state index < -0.39 is 17.7 Å². The van der Waals surface area contributed by atoms with Gasteiger partial charge >= 0.3 is 0 Å². The Hall–Kier alpha value is -1.75. The lowest BCUT2D eigenvalue weighted by Gasteiger charge is -2.18. The number of hydrogen-bond donors (Lipinski definition) is 1. The van der Waals surface area contributed by atoms with Gasteiger partial charge in [0.15, 0.2) is 11.6 Å². The topological polar surface area (TPSA) is 29.9 Å². The predicted molar refractivity (Wildman–Crippen MR) is 65.1 cm³/mol. The number of nitrogens with one attached hydrogen (secondary N) is 1. The van der Waals surface area contributed by atoms with Crippen molar-refractivity contribution in [3.63, 3.8) is 0 Å². The predicted octanol–water partition coefficient (Wildman–Crippen LogP) is 2.40. The highest BCUT2D eigenvalue weighted by Crippen LogP contribution is 2.24. The van der Waals surface area contributed by atoms with Crippen LogP contribution >= 0.6 is 0 Å². The molecule has 0 saturated heterocycles. The Morgan fingerprint density at radius 1 is 1.39 bits per heavy atom. The molecule has 0 spiro atoms. The second-order valence-corrected chi connectivity index (χ2v) is 4.03. The minimum Gasteiger partial charge on any atom is -0.336 e. The van der Waals surface area contributed by atoms with Crippen molar-refractivity contribution in [2.45, 2.75) is 13.0 Å². The third kappa shape index (κ3) is 2.26. The molecule has 0 aliphatic heterocycles. The number of aromatic nitrogens is 2. The number of benzene rings is 1. The van der Waals surface area contributed by atoms with Crippen LogP contribution < -0.4 is 5.32 Å². The van der Waals surface area contributed by atoms with Gasteiger partial charge in [-0.2, -0.15) is 0 Å². The smallest absolute Gasteiger partial charge is 0.164 e. The number of nitrogens with zero attached hydrogens (tertiary/aromatic N) is 2. The maximum absolute atomic E-state index is 13.8. The zero-order chi connectivity index (χ0) is 13.1. The fourth-order valence-corrected chi connectivity index (χ4v) is 1.94. The number of rotatable bonds is 4. The summed E-state index contributed by atoms with van der Waals surface area (Å²) in [5, 5.41) is 3.12. The molecule has 0 fully saturated rings. The number of halogens is 2. The number of aryl methyl sites for hydroxylation is 1. The van der Waals surface area contributed by atoms with Crippen molar-refractivity contribution in [2.24, 2.45) is 7.05 Å². The van der Waals surface area contributed by atoms with E-state index in [1.54, 1.807) is 23.0 Å². The maximum Gasteiger partial charge on any atom is 0.164 e. The van der Waals surface area contributed by atoms with Gasteiger partial charge in [0.2, 0.25) is 0 Å². The minimum absolute atomic E-state index is 0.270. The molecule has 3 nitrogen and oxygen atoms in total. The van der Waals surface area contributed by atoms with Crippen LogP contribution in [0, 0.1) is 11.6 Å². The van der Waals surface area contributed by atoms with Gasteiger partial charge in [0.1, 0.15) is 5.82 Å². The standard InChI is InChI=1S/C13H15F2N3/c1-3-16-12(13-17-7-8-18(13)2)9-5-4-6-10(14)11(9)15/h4-8,12,16H,3H2,1-2H3. The van der Waals surface area contributed by atoms with Gasteiger partial charge in [-0.3, -0.25) is 0 Å². The molecule has 2 aromatic rings. The summed E-state index contributed by atoms with van der Waals surface area (Å²) < 4.78 is 28.9. The van der Waals surface area contributed by atoms with E-state index in [4.69, 9.17) is 0 Å². The van der Waals surface area contributed by atoms with E-state index in [2.05, 4.69) is 10.3 Å². The van der Waals surface area contributed by atoms with E-state index in [1.165, 1.54) is 6.07 Å². The van der Waals surface area contributed by atoms with Gasteiger partial charge < -0.3 is 9.88 Å². The van der Waals surface area contributed by atoms with E-state index in [-0.39, 0.29) is 5.56 Å². The lowest BCUT2D eigenvalue weighted by Crippen LogP contribution is -2.26. The third-order valence-electron chi connectivity index (χ3n) is 2.82. The highest BCUT2D eigenvalue weighted by molar-refractivity contribution is 5.27. The molecule has 0 aliphatic rings. The van der Waals surface area contributed by atoms with Crippen molar-refractivity contribution in [1.29, 1.82) is 0 Å². The molecule has 1 unspecified atom stereocenters. The quantitative estimate of drug-likeness (QED) is 0.904. The lowest BCUT2D eigenvalue weighted by atomic mass is 10.1. The molecule has 96 valence electrons. The molecule has 1 aromatic heterocycles. The van der Waals surface area contributed by atoms with Crippen LogP contribution in [0.3, 0.4) is 0 Å². The van der Waals surface area contributed by atoms with Crippen molar-refractivity contribution < 1.29 is 8.78 Å². The van der Waals surface area contributed by atoms with Crippen molar-refractivity contribution in [1.82, 2.24) is 14.9 Å². The van der Waals surface area contributed by atoms with Gasteiger partial charge in [-0.05, 0) is 12.6 Å². The lowest BCUT2D eigenvalue weighted by molar-refractivity contribution is 0.475. The summed E-state index contributed by atoms with van der Waals surface area (Å²) in [7, 11) is 1.82. The first kappa shape index (κ1) is 12.7. The van der Waals surface area contributed by atoms with Gasteiger partial charge in [0.05, 0.1) is 6.04 Å². The molecule has 0 amide bonds. The van der Waals surface area contributed by atoms with Crippen molar-refractivity contribution in [3.8, 4) is 0 Å². The van der Waals surface area contributed by atoms with Crippen LogP contribution in [0.15, 0.2) is 30.6 Å². The van der Waals surface area contributed by atoms with Gasteiger partial charge in [0.25, 0.3) is 0 Å². The Bertz CT molecular complexity index is 537. The second kappa shape index (κ2) is 5.27. The summed E-state index contributed by atoms with van der Waals surface area (Å²) in [6.45, 7) is 2.54. The van der Waals surface area contributed by atoms with Crippen LogP contribution in [0.2, 0.25) is 0 Å². The molecule has 1 N–H and O–H groups in total. The summed E-state index contributed by atoms with van der Waals surface area (Å²) in [6.07, 6.45) is 3.41. The highest BCUT2D eigenvalue weighted by Gasteiger charge is 2.22. The molecular formula is C13H15F2N3.